The van der Waals surface area contributed by atoms with Crippen molar-refractivity contribution in [2.45, 2.75) is 0 Å². The average molecular weight is 267 g/mol. The smallest absolute Gasteiger partial charge is 0.248 e. The molecule has 0 bridgehead atoms. The molecule has 3 rings (SSSR count). The lowest BCUT2D eigenvalue weighted by Gasteiger charge is -2.00. The van der Waals surface area contributed by atoms with Gasteiger partial charge in [0, 0.05) is 16.8 Å². The molecule has 1 heterocycles. The largest absolute Gasteiger partial charge is 0.497 e. The van der Waals surface area contributed by atoms with Crippen molar-refractivity contribution in [2.24, 2.45) is 0 Å². The van der Waals surface area contributed by atoms with Gasteiger partial charge in [-0.3, -0.25) is 0 Å². The zero-order valence-corrected chi connectivity index (χ0v) is 10.9. The van der Waals surface area contributed by atoms with Crippen LogP contribution in [0.5, 0.6) is 5.75 Å². The van der Waals surface area contributed by atoms with Gasteiger partial charge in [-0.05, 0) is 36.4 Å². The van der Waals surface area contributed by atoms with E-state index in [0.29, 0.717) is 17.5 Å². The summed E-state index contributed by atoms with van der Waals surface area (Å²) in [4.78, 5) is 0. The third kappa shape index (κ3) is 2.33. The molecule has 0 fully saturated rings. The van der Waals surface area contributed by atoms with Gasteiger partial charge in [-0.1, -0.05) is 12.1 Å². The first kappa shape index (κ1) is 12.2. The standard InChI is InChI=1S/C15H13N3O2/c1-19-13-7-3-5-11(9-13)15-18-17-14(20-15)10-4-2-6-12(16)8-10/h2-9H,16H2,1H3. The summed E-state index contributed by atoms with van der Waals surface area (Å²) < 4.78 is 10.9. The van der Waals surface area contributed by atoms with Crippen molar-refractivity contribution in [3.05, 3.63) is 48.5 Å². The molecule has 2 N–H and O–H groups in total. The van der Waals surface area contributed by atoms with Crippen LogP contribution in [-0.2, 0) is 0 Å². The lowest BCUT2D eigenvalue weighted by Crippen LogP contribution is -1.84. The molecule has 0 unspecified atom stereocenters. The predicted octanol–water partition coefficient (Wildman–Crippen LogP) is 2.99. The van der Waals surface area contributed by atoms with Crippen LogP contribution in [0.4, 0.5) is 5.69 Å². The molecule has 0 spiro atoms. The molecule has 2 aromatic carbocycles. The van der Waals surface area contributed by atoms with Crippen LogP contribution in [0.15, 0.2) is 52.9 Å². The lowest BCUT2D eigenvalue weighted by atomic mass is 10.2. The minimum Gasteiger partial charge on any atom is -0.497 e. The van der Waals surface area contributed by atoms with Gasteiger partial charge in [0.1, 0.15) is 5.75 Å². The van der Waals surface area contributed by atoms with E-state index < -0.39 is 0 Å². The topological polar surface area (TPSA) is 74.2 Å². The summed E-state index contributed by atoms with van der Waals surface area (Å²) in [6.45, 7) is 0. The Balaban J connectivity index is 1.97. The molecule has 5 nitrogen and oxygen atoms in total. The molecule has 0 aliphatic carbocycles. The second-order valence-electron chi connectivity index (χ2n) is 4.27. The number of nitrogen functional groups attached to an aromatic ring is 1. The Bertz CT molecular complexity index is 737. The van der Waals surface area contributed by atoms with Gasteiger partial charge in [0.25, 0.3) is 0 Å². The maximum atomic E-state index is 5.75. The number of hydrogen-bond acceptors (Lipinski definition) is 5. The van der Waals surface area contributed by atoms with Crippen molar-refractivity contribution in [3.63, 3.8) is 0 Å². The van der Waals surface area contributed by atoms with E-state index in [9.17, 15) is 0 Å². The van der Waals surface area contributed by atoms with Gasteiger partial charge in [0.2, 0.25) is 11.8 Å². The van der Waals surface area contributed by atoms with Crippen LogP contribution in [0.1, 0.15) is 0 Å². The normalized spacial score (nSPS) is 10.4. The van der Waals surface area contributed by atoms with Gasteiger partial charge in [-0.2, -0.15) is 0 Å². The number of hydrogen-bond donors (Lipinski definition) is 1. The molecule has 100 valence electrons. The Kier molecular flexibility index (Phi) is 3.09. The second kappa shape index (κ2) is 5.05. The van der Waals surface area contributed by atoms with Crippen LogP contribution in [0.2, 0.25) is 0 Å². The molecule has 0 saturated heterocycles. The van der Waals surface area contributed by atoms with E-state index in [1.165, 1.54) is 0 Å². The number of aromatic nitrogens is 2. The molecule has 0 aliphatic rings. The molecular formula is C15H13N3O2. The molecule has 0 atom stereocenters. The van der Waals surface area contributed by atoms with Gasteiger partial charge >= 0.3 is 0 Å². The quantitative estimate of drug-likeness (QED) is 0.738. The average Bonchev–Trinajstić information content (AvgIpc) is 2.97. The van der Waals surface area contributed by atoms with Crippen molar-refractivity contribution in [2.75, 3.05) is 12.8 Å². The molecular weight excluding hydrogens is 254 g/mol. The molecule has 5 heteroatoms. The maximum Gasteiger partial charge on any atom is 0.248 e. The van der Waals surface area contributed by atoms with E-state index in [4.69, 9.17) is 14.9 Å². The number of anilines is 1. The van der Waals surface area contributed by atoms with E-state index >= 15 is 0 Å². The minimum absolute atomic E-state index is 0.440. The highest BCUT2D eigenvalue weighted by Crippen LogP contribution is 2.26. The van der Waals surface area contributed by atoms with Crippen LogP contribution >= 0.6 is 0 Å². The fourth-order valence-corrected chi connectivity index (χ4v) is 1.88. The SMILES string of the molecule is COc1cccc(-c2nnc(-c3cccc(N)c3)o2)c1. The van der Waals surface area contributed by atoms with Crippen molar-refractivity contribution in [1.29, 1.82) is 0 Å². The predicted molar refractivity (Wildman–Crippen MR) is 76.1 cm³/mol. The second-order valence-corrected chi connectivity index (χ2v) is 4.27. The highest BCUT2D eigenvalue weighted by atomic mass is 16.5. The van der Waals surface area contributed by atoms with Crippen molar-refractivity contribution >= 4 is 5.69 Å². The minimum atomic E-state index is 0.440. The van der Waals surface area contributed by atoms with E-state index in [1.54, 1.807) is 13.2 Å². The third-order valence-electron chi connectivity index (χ3n) is 2.88. The van der Waals surface area contributed by atoms with E-state index in [0.717, 1.165) is 16.9 Å². The summed E-state index contributed by atoms with van der Waals surface area (Å²) in [5.41, 5.74) is 8.01. The lowest BCUT2D eigenvalue weighted by molar-refractivity contribution is 0.415. The Morgan fingerprint density at radius 2 is 1.60 bits per heavy atom. The summed E-state index contributed by atoms with van der Waals surface area (Å²) in [6.07, 6.45) is 0. The molecule has 1 aromatic heterocycles. The van der Waals surface area contributed by atoms with Crippen LogP contribution in [0, 0.1) is 0 Å². The van der Waals surface area contributed by atoms with Crippen LogP contribution in [-0.4, -0.2) is 17.3 Å². The zero-order chi connectivity index (χ0) is 13.9. The van der Waals surface area contributed by atoms with Gasteiger partial charge in [0.05, 0.1) is 7.11 Å². The maximum absolute atomic E-state index is 5.75. The number of ether oxygens (including phenoxy) is 1. The first-order valence-corrected chi connectivity index (χ1v) is 6.10. The monoisotopic (exact) mass is 267 g/mol. The number of benzene rings is 2. The number of methoxy groups -OCH3 is 1. The first-order chi connectivity index (χ1) is 9.76. The molecule has 0 aliphatic heterocycles. The van der Waals surface area contributed by atoms with Gasteiger partial charge in [0.15, 0.2) is 0 Å². The van der Waals surface area contributed by atoms with Crippen molar-refractivity contribution in [1.82, 2.24) is 10.2 Å². The molecule has 0 saturated carbocycles. The summed E-state index contributed by atoms with van der Waals surface area (Å²) in [6, 6.07) is 14.8. The Morgan fingerprint density at radius 3 is 2.25 bits per heavy atom. The van der Waals surface area contributed by atoms with Crippen LogP contribution in [0.3, 0.4) is 0 Å². The third-order valence-corrected chi connectivity index (χ3v) is 2.88. The highest BCUT2D eigenvalue weighted by molar-refractivity contribution is 5.62. The van der Waals surface area contributed by atoms with E-state index in [1.807, 2.05) is 42.5 Å². The van der Waals surface area contributed by atoms with Gasteiger partial charge < -0.3 is 14.9 Å². The first-order valence-electron chi connectivity index (χ1n) is 6.10. The summed E-state index contributed by atoms with van der Waals surface area (Å²) in [5.74, 6) is 1.63. The van der Waals surface area contributed by atoms with Crippen molar-refractivity contribution < 1.29 is 9.15 Å². The number of nitrogens with two attached hydrogens (primary N) is 1. The zero-order valence-electron chi connectivity index (χ0n) is 10.9. The van der Waals surface area contributed by atoms with Gasteiger partial charge in [-0.15, -0.1) is 10.2 Å². The highest BCUT2D eigenvalue weighted by Gasteiger charge is 2.11. The summed E-state index contributed by atoms with van der Waals surface area (Å²) in [5, 5.41) is 8.10. The Labute approximate surface area is 116 Å². The number of rotatable bonds is 3. The Hall–Kier alpha value is -2.82. The van der Waals surface area contributed by atoms with Crippen LogP contribution < -0.4 is 10.5 Å². The number of nitrogens with zero attached hydrogens (tertiary/aromatic N) is 2. The summed E-state index contributed by atoms with van der Waals surface area (Å²) >= 11 is 0. The fourth-order valence-electron chi connectivity index (χ4n) is 1.88. The molecule has 0 radical (unpaired) electrons. The molecule has 0 amide bonds. The van der Waals surface area contributed by atoms with Crippen molar-refractivity contribution in [3.8, 4) is 28.7 Å². The van der Waals surface area contributed by atoms with E-state index in [-0.39, 0.29) is 0 Å². The van der Waals surface area contributed by atoms with Crippen LogP contribution in [0.25, 0.3) is 22.9 Å². The fraction of sp³-hybridized carbons (Fsp3) is 0.0667. The summed E-state index contributed by atoms with van der Waals surface area (Å²) in [7, 11) is 1.62. The van der Waals surface area contributed by atoms with Gasteiger partial charge in [-0.25, -0.2) is 0 Å². The molecule has 3 aromatic rings. The van der Waals surface area contributed by atoms with E-state index in [2.05, 4.69) is 10.2 Å². The Morgan fingerprint density at radius 1 is 0.950 bits per heavy atom. The molecule has 20 heavy (non-hydrogen) atoms.